The lowest BCUT2D eigenvalue weighted by Crippen LogP contribution is -2.28. The summed E-state index contributed by atoms with van der Waals surface area (Å²) in [7, 11) is 1.63. The van der Waals surface area contributed by atoms with Crippen LogP contribution in [0.25, 0.3) is 11.3 Å². The summed E-state index contributed by atoms with van der Waals surface area (Å²) in [4.78, 5) is 15.8. The summed E-state index contributed by atoms with van der Waals surface area (Å²) < 4.78 is 5.18. The maximum absolute atomic E-state index is 11.4. The first kappa shape index (κ1) is 13.4. The predicted molar refractivity (Wildman–Crippen MR) is 76.8 cm³/mol. The summed E-state index contributed by atoms with van der Waals surface area (Å²) in [5.74, 6) is 0.781. The summed E-state index contributed by atoms with van der Waals surface area (Å²) >= 11 is 1.39. The number of thiazole rings is 1. The van der Waals surface area contributed by atoms with E-state index in [1.54, 1.807) is 7.11 Å². The molecule has 0 atom stereocenters. The van der Waals surface area contributed by atoms with Crippen LogP contribution in [-0.4, -0.2) is 24.7 Å². The minimum absolute atomic E-state index is 0.242. The van der Waals surface area contributed by atoms with Crippen molar-refractivity contribution < 1.29 is 9.53 Å². The highest BCUT2D eigenvalue weighted by molar-refractivity contribution is 7.14. The van der Waals surface area contributed by atoms with Gasteiger partial charge in [0.15, 0.2) is 5.13 Å². The summed E-state index contributed by atoms with van der Waals surface area (Å²) in [5.41, 5.74) is 1.77. The van der Waals surface area contributed by atoms with E-state index in [-0.39, 0.29) is 6.03 Å². The molecule has 6 heteroatoms. The first-order chi connectivity index (χ1) is 9.22. The number of carbonyl (C=O) groups excluding carboxylic acids is 1. The molecule has 0 aliphatic heterocycles. The third-order valence-corrected chi connectivity index (χ3v) is 3.19. The van der Waals surface area contributed by atoms with Gasteiger partial charge in [0.25, 0.3) is 0 Å². The molecule has 0 fully saturated rings. The maximum Gasteiger partial charge on any atom is 0.321 e. The minimum Gasteiger partial charge on any atom is -0.497 e. The molecule has 0 unspecified atom stereocenters. The number of ether oxygens (including phenoxy) is 1. The Labute approximate surface area is 115 Å². The van der Waals surface area contributed by atoms with E-state index in [0.717, 1.165) is 17.0 Å². The first-order valence-corrected chi connectivity index (χ1v) is 6.75. The Hall–Kier alpha value is -2.08. The molecule has 0 aliphatic rings. The molecule has 1 aromatic heterocycles. The van der Waals surface area contributed by atoms with Crippen LogP contribution in [0.2, 0.25) is 0 Å². The first-order valence-electron chi connectivity index (χ1n) is 5.87. The van der Waals surface area contributed by atoms with Crippen molar-refractivity contribution in [1.29, 1.82) is 0 Å². The fourth-order valence-corrected chi connectivity index (χ4v) is 2.26. The second-order valence-electron chi connectivity index (χ2n) is 3.75. The van der Waals surface area contributed by atoms with Gasteiger partial charge in [0.05, 0.1) is 12.8 Å². The highest BCUT2D eigenvalue weighted by atomic mass is 32.1. The van der Waals surface area contributed by atoms with Gasteiger partial charge in [-0.15, -0.1) is 11.3 Å². The van der Waals surface area contributed by atoms with Gasteiger partial charge in [0.1, 0.15) is 5.75 Å². The van der Waals surface area contributed by atoms with E-state index >= 15 is 0 Å². The van der Waals surface area contributed by atoms with Crippen LogP contribution >= 0.6 is 11.3 Å². The quantitative estimate of drug-likeness (QED) is 0.903. The SMILES string of the molecule is CCNC(=O)Nc1nc(-c2cccc(OC)c2)cs1. The average molecular weight is 277 g/mol. The lowest BCUT2D eigenvalue weighted by molar-refractivity contribution is 0.252. The molecule has 2 rings (SSSR count). The number of nitrogens with zero attached hydrogens (tertiary/aromatic N) is 1. The molecular formula is C13H15N3O2S. The number of hydrogen-bond acceptors (Lipinski definition) is 4. The number of aromatic nitrogens is 1. The van der Waals surface area contributed by atoms with E-state index in [9.17, 15) is 4.79 Å². The molecule has 0 saturated carbocycles. The topological polar surface area (TPSA) is 63.2 Å². The number of nitrogens with one attached hydrogen (secondary N) is 2. The Morgan fingerprint density at radius 3 is 3.05 bits per heavy atom. The zero-order valence-corrected chi connectivity index (χ0v) is 11.6. The normalized spacial score (nSPS) is 10.0. The molecule has 19 heavy (non-hydrogen) atoms. The largest absolute Gasteiger partial charge is 0.497 e. The Bertz CT molecular complexity index is 569. The lowest BCUT2D eigenvalue weighted by Gasteiger charge is -2.02. The molecule has 2 amide bonds. The third kappa shape index (κ3) is 3.45. The summed E-state index contributed by atoms with van der Waals surface area (Å²) in [5, 5.41) is 7.82. The van der Waals surface area contributed by atoms with Crippen molar-refractivity contribution in [2.45, 2.75) is 6.92 Å². The van der Waals surface area contributed by atoms with Gasteiger partial charge in [-0.1, -0.05) is 12.1 Å². The van der Waals surface area contributed by atoms with Crippen LogP contribution in [0.5, 0.6) is 5.75 Å². The summed E-state index contributed by atoms with van der Waals surface area (Å²) in [6.45, 7) is 2.45. The fraction of sp³-hybridized carbons (Fsp3) is 0.231. The zero-order chi connectivity index (χ0) is 13.7. The van der Waals surface area contributed by atoms with Crippen LogP contribution in [0, 0.1) is 0 Å². The summed E-state index contributed by atoms with van der Waals surface area (Å²) in [6.07, 6.45) is 0. The Morgan fingerprint density at radius 2 is 2.32 bits per heavy atom. The van der Waals surface area contributed by atoms with Crippen LogP contribution < -0.4 is 15.4 Å². The molecule has 5 nitrogen and oxygen atoms in total. The van der Waals surface area contributed by atoms with E-state index in [1.165, 1.54) is 11.3 Å². The molecule has 100 valence electrons. The van der Waals surface area contributed by atoms with Crippen molar-refractivity contribution >= 4 is 22.5 Å². The van der Waals surface area contributed by atoms with Gasteiger partial charge in [0.2, 0.25) is 0 Å². The van der Waals surface area contributed by atoms with Crippen molar-refractivity contribution in [3.63, 3.8) is 0 Å². The molecule has 0 bridgehead atoms. The Balaban J connectivity index is 2.13. The number of amides is 2. The minimum atomic E-state index is -0.242. The highest BCUT2D eigenvalue weighted by Gasteiger charge is 2.07. The number of hydrogen-bond donors (Lipinski definition) is 2. The molecule has 0 radical (unpaired) electrons. The van der Waals surface area contributed by atoms with E-state index < -0.39 is 0 Å². The zero-order valence-electron chi connectivity index (χ0n) is 10.8. The molecule has 1 heterocycles. The van der Waals surface area contributed by atoms with E-state index in [2.05, 4.69) is 15.6 Å². The van der Waals surface area contributed by atoms with Crippen molar-refractivity contribution in [3.05, 3.63) is 29.6 Å². The lowest BCUT2D eigenvalue weighted by atomic mass is 10.2. The maximum atomic E-state index is 11.4. The molecule has 0 spiro atoms. The van der Waals surface area contributed by atoms with Crippen LogP contribution in [-0.2, 0) is 0 Å². The van der Waals surface area contributed by atoms with Crippen LogP contribution in [0.1, 0.15) is 6.92 Å². The van der Waals surface area contributed by atoms with Gasteiger partial charge in [-0.2, -0.15) is 0 Å². The Kier molecular flexibility index (Phi) is 4.35. The number of rotatable bonds is 4. The molecule has 0 saturated heterocycles. The van der Waals surface area contributed by atoms with Gasteiger partial charge < -0.3 is 10.1 Å². The number of benzene rings is 1. The number of anilines is 1. The van der Waals surface area contributed by atoms with Crippen molar-refractivity contribution in [2.75, 3.05) is 19.0 Å². The number of carbonyl (C=O) groups is 1. The average Bonchev–Trinajstić information content (AvgIpc) is 2.87. The molecular weight excluding hydrogens is 262 g/mol. The van der Waals surface area contributed by atoms with Crippen molar-refractivity contribution in [3.8, 4) is 17.0 Å². The Morgan fingerprint density at radius 1 is 1.47 bits per heavy atom. The van der Waals surface area contributed by atoms with Crippen LogP contribution in [0.3, 0.4) is 0 Å². The van der Waals surface area contributed by atoms with Gasteiger partial charge in [-0.25, -0.2) is 9.78 Å². The van der Waals surface area contributed by atoms with Crippen molar-refractivity contribution in [1.82, 2.24) is 10.3 Å². The number of methoxy groups -OCH3 is 1. The molecule has 1 aromatic carbocycles. The highest BCUT2D eigenvalue weighted by Crippen LogP contribution is 2.27. The van der Waals surface area contributed by atoms with Gasteiger partial charge in [-0.3, -0.25) is 5.32 Å². The summed E-state index contributed by atoms with van der Waals surface area (Å²) in [6, 6.07) is 7.40. The van der Waals surface area contributed by atoms with Gasteiger partial charge in [0, 0.05) is 17.5 Å². The molecule has 0 aliphatic carbocycles. The molecule has 2 N–H and O–H groups in total. The van der Waals surface area contributed by atoms with Gasteiger partial charge in [-0.05, 0) is 19.1 Å². The number of urea groups is 1. The molecule has 2 aromatic rings. The standard InChI is InChI=1S/C13H15N3O2S/c1-3-14-12(17)16-13-15-11(8-19-13)9-5-4-6-10(7-9)18-2/h4-8H,3H2,1-2H3,(H2,14,15,16,17). The monoisotopic (exact) mass is 277 g/mol. The van der Waals surface area contributed by atoms with Crippen LogP contribution in [0.4, 0.5) is 9.93 Å². The second-order valence-corrected chi connectivity index (χ2v) is 4.61. The smallest absolute Gasteiger partial charge is 0.321 e. The van der Waals surface area contributed by atoms with E-state index in [0.29, 0.717) is 11.7 Å². The van der Waals surface area contributed by atoms with Crippen LogP contribution in [0.15, 0.2) is 29.6 Å². The third-order valence-electron chi connectivity index (χ3n) is 2.43. The van der Waals surface area contributed by atoms with Gasteiger partial charge >= 0.3 is 6.03 Å². The van der Waals surface area contributed by atoms with Crippen molar-refractivity contribution in [2.24, 2.45) is 0 Å². The predicted octanol–water partition coefficient (Wildman–Crippen LogP) is 2.96. The fourth-order valence-electron chi connectivity index (χ4n) is 1.55. The van der Waals surface area contributed by atoms with E-state index in [4.69, 9.17) is 4.74 Å². The van der Waals surface area contributed by atoms with E-state index in [1.807, 2.05) is 36.6 Å². The second kappa shape index (κ2) is 6.19.